The molecule has 16 heavy (non-hydrogen) atoms. The minimum atomic E-state index is 0.132. The van der Waals surface area contributed by atoms with E-state index in [-0.39, 0.29) is 6.03 Å². The van der Waals surface area contributed by atoms with E-state index in [4.69, 9.17) is 0 Å². The quantitative estimate of drug-likeness (QED) is 0.824. The minimum Gasteiger partial charge on any atom is -0.334 e. The first-order valence-corrected chi connectivity index (χ1v) is 7.61. The molecule has 94 valence electrons. The number of carbonyl (C=O) groups excluding carboxylic acids is 1. The summed E-state index contributed by atoms with van der Waals surface area (Å²) >= 11 is 1.79. The van der Waals surface area contributed by atoms with Crippen LogP contribution >= 0.6 is 11.8 Å². The average molecular weight is 244 g/mol. The van der Waals surface area contributed by atoms with Crippen molar-refractivity contribution >= 4 is 17.8 Å². The SMILES string of the molecule is CCC(CSC)NC(=O)N1CCC(C)CC1. The van der Waals surface area contributed by atoms with Crippen LogP contribution in [0.15, 0.2) is 0 Å². The van der Waals surface area contributed by atoms with E-state index in [0.29, 0.717) is 6.04 Å². The number of piperidine rings is 1. The van der Waals surface area contributed by atoms with Gasteiger partial charge < -0.3 is 10.2 Å². The van der Waals surface area contributed by atoms with Crippen molar-refractivity contribution in [1.29, 1.82) is 0 Å². The van der Waals surface area contributed by atoms with Gasteiger partial charge in [-0.05, 0) is 31.4 Å². The topological polar surface area (TPSA) is 32.3 Å². The van der Waals surface area contributed by atoms with Gasteiger partial charge in [0.25, 0.3) is 0 Å². The van der Waals surface area contributed by atoms with Gasteiger partial charge in [-0.1, -0.05) is 13.8 Å². The zero-order valence-corrected chi connectivity index (χ0v) is 11.5. The maximum absolute atomic E-state index is 12.0. The second kappa shape index (κ2) is 7.05. The number of carbonyl (C=O) groups is 1. The number of urea groups is 1. The smallest absolute Gasteiger partial charge is 0.317 e. The summed E-state index contributed by atoms with van der Waals surface area (Å²) in [7, 11) is 0. The van der Waals surface area contributed by atoms with Gasteiger partial charge in [-0.3, -0.25) is 0 Å². The molecule has 1 saturated heterocycles. The van der Waals surface area contributed by atoms with E-state index < -0.39 is 0 Å². The van der Waals surface area contributed by atoms with Crippen molar-refractivity contribution in [2.75, 3.05) is 25.1 Å². The Labute approximate surface area is 103 Å². The van der Waals surface area contributed by atoms with Gasteiger partial charge in [0, 0.05) is 24.9 Å². The molecule has 0 bridgehead atoms. The summed E-state index contributed by atoms with van der Waals surface area (Å²) < 4.78 is 0. The lowest BCUT2D eigenvalue weighted by molar-refractivity contribution is 0.171. The molecule has 1 aliphatic rings. The van der Waals surface area contributed by atoms with E-state index in [9.17, 15) is 4.79 Å². The van der Waals surface area contributed by atoms with Gasteiger partial charge in [-0.15, -0.1) is 0 Å². The highest BCUT2D eigenvalue weighted by molar-refractivity contribution is 7.98. The van der Waals surface area contributed by atoms with Crippen molar-refractivity contribution in [2.24, 2.45) is 5.92 Å². The Morgan fingerprint density at radius 2 is 2.12 bits per heavy atom. The zero-order valence-electron chi connectivity index (χ0n) is 10.7. The first-order valence-electron chi connectivity index (χ1n) is 6.21. The van der Waals surface area contributed by atoms with Crippen molar-refractivity contribution in [2.45, 2.75) is 39.2 Å². The minimum absolute atomic E-state index is 0.132. The number of rotatable bonds is 4. The molecule has 2 amide bonds. The maximum Gasteiger partial charge on any atom is 0.317 e. The van der Waals surface area contributed by atoms with Gasteiger partial charge in [0.15, 0.2) is 0 Å². The van der Waals surface area contributed by atoms with Crippen molar-refractivity contribution in [3.63, 3.8) is 0 Å². The van der Waals surface area contributed by atoms with Crippen LogP contribution in [-0.4, -0.2) is 42.1 Å². The predicted octanol–water partition coefficient (Wildman–Crippen LogP) is 2.57. The van der Waals surface area contributed by atoms with Gasteiger partial charge in [0.1, 0.15) is 0 Å². The van der Waals surface area contributed by atoms with Crippen LogP contribution in [0.3, 0.4) is 0 Å². The molecule has 0 aromatic heterocycles. The summed E-state index contributed by atoms with van der Waals surface area (Å²) in [6.45, 7) is 6.22. The maximum atomic E-state index is 12.0. The highest BCUT2D eigenvalue weighted by Crippen LogP contribution is 2.16. The van der Waals surface area contributed by atoms with E-state index >= 15 is 0 Å². The first-order chi connectivity index (χ1) is 7.67. The summed E-state index contributed by atoms with van der Waals surface area (Å²) in [4.78, 5) is 13.9. The summed E-state index contributed by atoms with van der Waals surface area (Å²) in [6.07, 6.45) is 5.38. The fourth-order valence-corrected chi connectivity index (χ4v) is 2.66. The number of hydrogen-bond acceptors (Lipinski definition) is 2. The number of amides is 2. The number of nitrogens with zero attached hydrogens (tertiary/aromatic N) is 1. The molecule has 1 aliphatic heterocycles. The lowest BCUT2D eigenvalue weighted by Gasteiger charge is -2.31. The molecule has 0 saturated carbocycles. The Hall–Kier alpha value is -0.380. The molecule has 4 heteroatoms. The number of thioether (sulfide) groups is 1. The van der Waals surface area contributed by atoms with E-state index in [2.05, 4.69) is 25.4 Å². The Morgan fingerprint density at radius 3 is 2.62 bits per heavy atom. The largest absolute Gasteiger partial charge is 0.334 e. The van der Waals surface area contributed by atoms with Crippen LogP contribution in [-0.2, 0) is 0 Å². The average Bonchev–Trinajstić information content (AvgIpc) is 2.29. The molecule has 1 atom stereocenters. The van der Waals surface area contributed by atoms with Crippen LogP contribution in [0.2, 0.25) is 0 Å². The molecule has 0 aromatic rings. The normalized spacial score (nSPS) is 19.6. The van der Waals surface area contributed by atoms with Crippen LogP contribution in [0.1, 0.15) is 33.1 Å². The predicted molar refractivity (Wildman–Crippen MR) is 71.0 cm³/mol. The van der Waals surface area contributed by atoms with E-state index in [1.807, 2.05) is 4.90 Å². The third-order valence-corrected chi connectivity index (χ3v) is 3.99. The molecule has 0 aromatic carbocycles. The number of hydrogen-bond donors (Lipinski definition) is 1. The molecular formula is C12H24N2OS. The molecule has 1 fully saturated rings. The van der Waals surface area contributed by atoms with Gasteiger partial charge in [0.2, 0.25) is 0 Å². The van der Waals surface area contributed by atoms with Gasteiger partial charge in [0.05, 0.1) is 0 Å². The van der Waals surface area contributed by atoms with Crippen molar-refractivity contribution in [3.05, 3.63) is 0 Å². The monoisotopic (exact) mass is 244 g/mol. The zero-order chi connectivity index (χ0) is 12.0. The van der Waals surface area contributed by atoms with Crippen molar-refractivity contribution in [1.82, 2.24) is 10.2 Å². The van der Waals surface area contributed by atoms with Crippen LogP contribution in [0.4, 0.5) is 4.79 Å². The molecule has 0 spiro atoms. The van der Waals surface area contributed by atoms with Crippen LogP contribution in [0, 0.1) is 5.92 Å². The van der Waals surface area contributed by atoms with E-state index in [0.717, 1.165) is 44.0 Å². The fourth-order valence-electron chi connectivity index (χ4n) is 1.94. The number of nitrogens with one attached hydrogen (secondary N) is 1. The first kappa shape index (κ1) is 13.7. The van der Waals surface area contributed by atoms with Crippen molar-refractivity contribution < 1.29 is 4.79 Å². The standard InChI is InChI=1S/C12H24N2OS/c1-4-11(9-16-3)13-12(15)14-7-5-10(2)6-8-14/h10-11H,4-9H2,1-3H3,(H,13,15). The molecule has 1 unspecified atom stereocenters. The van der Waals surface area contributed by atoms with Crippen LogP contribution in [0.5, 0.6) is 0 Å². The van der Waals surface area contributed by atoms with Crippen LogP contribution < -0.4 is 5.32 Å². The lowest BCUT2D eigenvalue weighted by atomic mass is 10.00. The van der Waals surface area contributed by atoms with E-state index in [1.54, 1.807) is 11.8 Å². The molecular weight excluding hydrogens is 220 g/mol. The summed E-state index contributed by atoms with van der Waals surface area (Å²) in [5.74, 6) is 1.78. The highest BCUT2D eigenvalue weighted by atomic mass is 32.2. The summed E-state index contributed by atoms with van der Waals surface area (Å²) in [6, 6.07) is 0.453. The molecule has 1 heterocycles. The van der Waals surface area contributed by atoms with E-state index in [1.165, 1.54) is 0 Å². The van der Waals surface area contributed by atoms with Gasteiger partial charge >= 0.3 is 6.03 Å². The van der Waals surface area contributed by atoms with Gasteiger partial charge in [-0.25, -0.2) is 4.79 Å². The fraction of sp³-hybridized carbons (Fsp3) is 0.917. The second-order valence-electron chi connectivity index (χ2n) is 4.68. The third-order valence-electron chi connectivity index (χ3n) is 3.26. The van der Waals surface area contributed by atoms with Crippen LogP contribution in [0.25, 0.3) is 0 Å². The van der Waals surface area contributed by atoms with Gasteiger partial charge in [-0.2, -0.15) is 11.8 Å². The molecule has 0 aliphatic carbocycles. The second-order valence-corrected chi connectivity index (χ2v) is 5.59. The summed E-state index contributed by atoms with van der Waals surface area (Å²) in [5.41, 5.74) is 0. The summed E-state index contributed by atoms with van der Waals surface area (Å²) in [5, 5.41) is 3.12. The highest BCUT2D eigenvalue weighted by Gasteiger charge is 2.21. The van der Waals surface area contributed by atoms with Crippen molar-refractivity contribution in [3.8, 4) is 0 Å². The Morgan fingerprint density at radius 1 is 1.50 bits per heavy atom. The molecule has 1 N–H and O–H groups in total. The molecule has 0 radical (unpaired) electrons. The Bertz CT molecular complexity index is 215. The lowest BCUT2D eigenvalue weighted by Crippen LogP contribution is -2.48. The molecule has 1 rings (SSSR count). The number of likely N-dealkylation sites (tertiary alicyclic amines) is 1. The Balaban J connectivity index is 2.33. The Kier molecular flexibility index (Phi) is 6.03. The third kappa shape index (κ3) is 4.24. The molecule has 3 nitrogen and oxygen atoms in total.